The Morgan fingerprint density at radius 2 is 2.00 bits per heavy atom. The lowest BCUT2D eigenvalue weighted by Gasteiger charge is -2.04. The number of aromatic carboxylic acids is 1. The number of nitrogens with zero attached hydrogens (tertiary/aromatic N) is 3. The van der Waals surface area contributed by atoms with E-state index in [1.807, 2.05) is 31.2 Å². The smallest absolute Gasteiger partial charge is 0.335 e. The molecule has 0 aliphatic carbocycles. The van der Waals surface area contributed by atoms with E-state index in [0.29, 0.717) is 18.1 Å². The molecule has 6 nitrogen and oxygen atoms in total. The van der Waals surface area contributed by atoms with Gasteiger partial charge in [-0.2, -0.15) is 0 Å². The summed E-state index contributed by atoms with van der Waals surface area (Å²) >= 11 is 0. The molecule has 2 aromatic heterocycles. The normalized spacial score (nSPS) is 10.7. The lowest BCUT2D eigenvalue weighted by molar-refractivity contribution is 0.0697. The summed E-state index contributed by atoms with van der Waals surface area (Å²) in [6.45, 7) is 2.55. The number of rotatable bonds is 4. The SMILES string of the molecule is CCOc1ccc(-c2nnc3cc(C(=O)O)ccn23)cc1. The summed E-state index contributed by atoms with van der Waals surface area (Å²) in [6.07, 6.45) is 1.66. The van der Waals surface area contributed by atoms with Crippen LogP contribution in [0.3, 0.4) is 0 Å². The molecule has 1 N–H and O–H groups in total. The van der Waals surface area contributed by atoms with Crippen molar-refractivity contribution in [3.05, 3.63) is 48.2 Å². The zero-order valence-electron chi connectivity index (χ0n) is 11.4. The summed E-state index contributed by atoms with van der Waals surface area (Å²) < 4.78 is 7.15. The van der Waals surface area contributed by atoms with E-state index < -0.39 is 5.97 Å². The molecule has 0 saturated heterocycles. The summed E-state index contributed by atoms with van der Waals surface area (Å²) in [7, 11) is 0. The quantitative estimate of drug-likeness (QED) is 0.796. The van der Waals surface area contributed by atoms with Crippen LogP contribution < -0.4 is 4.74 Å². The van der Waals surface area contributed by atoms with Crippen molar-refractivity contribution in [1.29, 1.82) is 0 Å². The van der Waals surface area contributed by atoms with Crippen LogP contribution in [-0.2, 0) is 0 Å². The Kier molecular flexibility index (Phi) is 3.27. The van der Waals surface area contributed by atoms with Crippen LogP contribution >= 0.6 is 0 Å². The molecule has 0 bridgehead atoms. The average Bonchev–Trinajstić information content (AvgIpc) is 2.91. The number of carbonyl (C=O) groups is 1. The first-order valence-electron chi connectivity index (χ1n) is 6.50. The van der Waals surface area contributed by atoms with Crippen molar-refractivity contribution in [3.8, 4) is 17.1 Å². The minimum absolute atomic E-state index is 0.188. The highest BCUT2D eigenvalue weighted by atomic mass is 16.5. The first-order chi connectivity index (χ1) is 10.2. The number of pyridine rings is 1. The number of hydrogen-bond donors (Lipinski definition) is 1. The summed E-state index contributed by atoms with van der Waals surface area (Å²) in [5, 5.41) is 17.1. The van der Waals surface area contributed by atoms with Gasteiger partial charge in [0, 0.05) is 11.8 Å². The maximum atomic E-state index is 10.9. The molecule has 0 spiro atoms. The number of carboxylic acids is 1. The molecule has 0 aliphatic heterocycles. The molecule has 0 atom stereocenters. The average molecular weight is 283 g/mol. The molecule has 0 radical (unpaired) electrons. The molecule has 0 saturated carbocycles. The fourth-order valence-electron chi connectivity index (χ4n) is 2.09. The molecule has 1 aromatic carbocycles. The van der Waals surface area contributed by atoms with E-state index in [9.17, 15) is 4.79 Å². The Hall–Kier alpha value is -2.89. The highest BCUT2D eigenvalue weighted by Gasteiger charge is 2.10. The van der Waals surface area contributed by atoms with Crippen molar-refractivity contribution in [2.24, 2.45) is 0 Å². The topological polar surface area (TPSA) is 76.7 Å². The van der Waals surface area contributed by atoms with Gasteiger partial charge in [0.2, 0.25) is 0 Å². The van der Waals surface area contributed by atoms with Crippen molar-refractivity contribution < 1.29 is 14.6 Å². The van der Waals surface area contributed by atoms with Gasteiger partial charge in [0.15, 0.2) is 11.5 Å². The highest BCUT2D eigenvalue weighted by molar-refractivity contribution is 5.88. The molecule has 0 amide bonds. The summed E-state index contributed by atoms with van der Waals surface area (Å²) in [5.41, 5.74) is 1.57. The third-order valence-corrected chi connectivity index (χ3v) is 3.08. The van der Waals surface area contributed by atoms with Crippen molar-refractivity contribution in [1.82, 2.24) is 14.6 Å². The molecular weight excluding hydrogens is 270 g/mol. The Morgan fingerprint density at radius 3 is 2.67 bits per heavy atom. The fourth-order valence-corrected chi connectivity index (χ4v) is 2.09. The second kappa shape index (κ2) is 5.24. The Morgan fingerprint density at radius 1 is 1.24 bits per heavy atom. The standard InChI is InChI=1S/C15H13N3O3/c1-2-21-12-5-3-10(4-6-12)14-17-16-13-9-11(15(19)20)7-8-18(13)14/h3-9H,2H2,1H3,(H,19,20). The van der Waals surface area contributed by atoms with E-state index in [2.05, 4.69) is 10.2 Å². The van der Waals surface area contributed by atoms with Gasteiger partial charge in [-0.1, -0.05) is 0 Å². The van der Waals surface area contributed by atoms with E-state index in [-0.39, 0.29) is 5.56 Å². The van der Waals surface area contributed by atoms with Gasteiger partial charge in [-0.15, -0.1) is 10.2 Å². The molecule has 21 heavy (non-hydrogen) atoms. The van der Waals surface area contributed by atoms with Crippen LogP contribution in [0.15, 0.2) is 42.6 Å². The van der Waals surface area contributed by atoms with Crippen molar-refractivity contribution in [2.45, 2.75) is 6.92 Å². The predicted octanol–water partition coefficient (Wildman–Crippen LogP) is 2.49. The monoisotopic (exact) mass is 283 g/mol. The lowest BCUT2D eigenvalue weighted by Crippen LogP contribution is -1.98. The number of fused-ring (bicyclic) bond motifs is 1. The van der Waals surface area contributed by atoms with E-state index in [0.717, 1.165) is 11.3 Å². The van der Waals surface area contributed by atoms with Crippen LogP contribution in [0, 0.1) is 0 Å². The number of ether oxygens (including phenoxy) is 1. The molecule has 106 valence electrons. The first kappa shape index (κ1) is 13.1. The van der Waals surface area contributed by atoms with Gasteiger partial charge in [0.1, 0.15) is 5.75 Å². The minimum atomic E-state index is -0.983. The summed E-state index contributed by atoms with van der Waals surface area (Å²) in [4.78, 5) is 10.9. The molecular formula is C15H13N3O3. The van der Waals surface area contributed by atoms with Crippen LogP contribution in [0.25, 0.3) is 17.0 Å². The maximum absolute atomic E-state index is 10.9. The number of benzene rings is 1. The van der Waals surface area contributed by atoms with Crippen LogP contribution in [0.2, 0.25) is 0 Å². The predicted molar refractivity (Wildman–Crippen MR) is 76.6 cm³/mol. The molecule has 3 aromatic rings. The Bertz CT molecular complexity index is 794. The van der Waals surface area contributed by atoms with Crippen LogP contribution in [0.5, 0.6) is 5.75 Å². The van der Waals surface area contributed by atoms with Gasteiger partial charge in [-0.05, 0) is 43.3 Å². The van der Waals surface area contributed by atoms with Gasteiger partial charge in [0.25, 0.3) is 0 Å². The van der Waals surface area contributed by atoms with Gasteiger partial charge in [-0.3, -0.25) is 4.40 Å². The third-order valence-electron chi connectivity index (χ3n) is 3.08. The second-order valence-electron chi connectivity index (χ2n) is 4.43. The molecule has 0 unspecified atom stereocenters. The van der Waals surface area contributed by atoms with E-state index >= 15 is 0 Å². The fraction of sp³-hybridized carbons (Fsp3) is 0.133. The van der Waals surface area contributed by atoms with Crippen molar-refractivity contribution in [2.75, 3.05) is 6.61 Å². The minimum Gasteiger partial charge on any atom is -0.494 e. The largest absolute Gasteiger partial charge is 0.494 e. The zero-order chi connectivity index (χ0) is 14.8. The number of aromatic nitrogens is 3. The van der Waals surface area contributed by atoms with E-state index in [1.54, 1.807) is 10.6 Å². The van der Waals surface area contributed by atoms with Gasteiger partial charge >= 0.3 is 5.97 Å². The number of carboxylic acid groups (broad SMARTS) is 1. The highest BCUT2D eigenvalue weighted by Crippen LogP contribution is 2.22. The van der Waals surface area contributed by atoms with Crippen LogP contribution in [0.4, 0.5) is 0 Å². The van der Waals surface area contributed by atoms with E-state index in [4.69, 9.17) is 9.84 Å². The van der Waals surface area contributed by atoms with Crippen molar-refractivity contribution >= 4 is 11.6 Å². The molecule has 6 heteroatoms. The lowest BCUT2D eigenvalue weighted by atomic mass is 10.2. The molecule has 3 rings (SSSR count). The molecule has 0 fully saturated rings. The van der Waals surface area contributed by atoms with Crippen LogP contribution in [-0.4, -0.2) is 32.3 Å². The van der Waals surface area contributed by atoms with Gasteiger partial charge in [-0.25, -0.2) is 4.79 Å². The zero-order valence-corrected chi connectivity index (χ0v) is 11.4. The Balaban J connectivity index is 2.02. The summed E-state index contributed by atoms with van der Waals surface area (Å²) in [6, 6.07) is 10.5. The van der Waals surface area contributed by atoms with Crippen LogP contribution in [0.1, 0.15) is 17.3 Å². The number of hydrogen-bond acceptors (Lipinski definition) is 4. The van der Waals surface area contributed by atoms with Gasteiger partial charge in [0.05, 0.1) is 12.2 Å². The molecule has 0 aliphatic rings. The molecule has 2 heterocycles. The first-order valence-corrected chi connectivity index (χ1v) is 6.50. The summed E-state index contributed by atoms with van der Waals surface area (Å²) in [5.74, 6) is 0.469. The maximum Gasteiger partial charge on any atom is 0.335 e. The Labute approximate surface area is 120 Å². The third kappa shape index (κ3) is 2.43. The van der Waals surface area contributed by atoms with E-state index in [1.165, 1.54) is 12.1 Å². The second-order valence-corrected chi connectivity index (χ2v) is 4.43. The van der Waals surface area contributed by atoms with Gasteiger partial charge < -0.3 is 9.84 Å². The van der Waals surface area contributed by atoms with Crippen molar-refractivity contribution in [3.63, 3.8) is 0 Å².